The summed E-state index contributed by atoms with van der Waals surface area (Å²) in [4.78, 5) is 14.8. The zero-order valence-corrected chi connectivity index (χ0v) is 17.8. The molecule has 0 saturated carbocycles. The van der Waals surface area contributed by atoms with Crippen LogP contribution in [0.3, 0.4) is 0 Å². The van der Waals surface area contributed by atoms with E-state index in [-0.39, 0.29) is 5.91 Å². The standard InChI is InChI=1S/C25H29N3O2/c1-25(2)20-14-19-21(27-30-23(19)15-22(20)26-24(25)29)9-8-17-10-12-28(13-11-17)16-18-6-4-3-5-7-18/h3-7,14-15,17H,8-13,16H2,1-2H3,(H,26,29). The van der Waals surface area contributed by atoms with Crippen molar-refractivity contribution in [2.45, 2.75) is 51.5 Å². The molecule has 0 atom stereocenters. The molecule has 1 aromatic heterocycles. The van der Waals surface area contributed by atoms with E-state index in [9.17, 15) is 4.79 Å². The van der Waals surface area contributed by atoms with E-state index < -0.39 is 5.41 Å². The van der Waals surface area contributed by atoms with Crippen LogP contribution in [0, 0.1) is 5.92 Å². The molecule has 0 aliphatic carbocycles. The lowest BCUT2D eigenvalue weighted by atomic mass is 9.85. The van der Waals surface area contributed by atoms with Crippen molar-refractivity contribution in [2.24, 2.45) is 5.92 Å². The molecule has 3 heterocycles. The van der Waals surface area contributed by atoms with Crippen LogP contribution in [0.5, 0.6) is 0 Å². The highest BCUT2D eigenvalue weighted by Crippen LogP contribution is 2.40. The summed E-state index contributed by atoms with van der Waals surface area (Å²) in [6.45, 7) is 7.31. The molecular weight excluding hydrogens is 374 g/mol. The van der Waals surface area contributed by atoms with Crippen LogP contribution in [-0.2, 0) is 23.2 Å². The molecule has 0 unspecified atom stereocenters. The van der Waals surface area contributed by atoms with E-state index in [1.807, 2.05) is 19.9 Å². The van der Waals surface area contributed by atoms with Crippen LogP contribution < -0.4 is 5.32 Å². The number of aromatic nitrogens is 1. The summed E-state index contributed by atoms with van der Waals surface area (Å²) in [7, 11) is 0. The molecule has 1 fully saturated rings. The molecule has 0 radical (unpaired) electrons. The van der Waals surface area contributed by atoms with Gasteiger partial charge in [0.25, 0.3) is 0 Å². The molecule has 5 heteroatoms. The Morgan fingerprint density at radius 2 is 1.93 bits per heavy atom. The number of likely N-dealkylation sites (tertiary alicyclic amines) is 1. The molecule has 1 saturated heterocycles. The van der Waals surface area contributed by atoms with E-state index in [0.29, 0.717) is 0 Å². The SMILES string of the molecule is CC1(C)C(=O)Nc2cc3onc(CCC4CCN(Cc5ccccc5)CC4)c3cc21. The first-order valence-electron chi connectivity index (χ1n) is 11.0. The van der Waals surface area contributed by atoms with Crippen molar-refractivity contribution in [2.75, 3.05) is 18.4 Å². The van der Waals surface area contributed by atoms with Gasteiger partial charge in [0, 0.05) is 23.7 Å². The van der Waals surface area contributed by atoms with Crippen LogP contribution in [0.2, 0.25) is 0 Å². The van der Waals surface area contributed by atoms with Gasteiger partial charge in [-0.15, -0.1) is 0 Å². The summed E-state index contributed by atoms with van der Waals surface area (Å²) in [6.07, 6.45) is 4.54. The van der Waals surface area contributed by atoms with Crippen LogP contribution in [0.4, 0.5) is 5.69 Å². The summed E-state index contributed by atoms with van der Waals surface area (Å²) < 4.78 is 5.59. The number of amides is 1. The summed E-state index contributed by atoms with van der Waals surface area (Å²) in [5, 5.41) is 8.38. The van der Waals surface area contributed by atoms with Gasteiger partial charge in [-0.3, -0.25) is 9.69 Å². The number of carbonyl (C=O) groups excluding carboxylic acids is 1. The summed E-state index contributed by atoms with van der Waals surface area (Å²) in [5.74, 6) is 0.778. The minimum atomic E-state index is -0.510. The van der Waals surface area contributed by atoms with Crippen LogP contribution in [0.25, 0.3) is 11.0 Å². The van der Waals surface area contributed by atoms with Crippen molar-refractivity contribution in [1.29, 1.82) is 0 Å². The second-order valence-electron chi connectivity index (χ2n) is 9.35. The van der Waals surface area contributed by atoms with Crippen molar-refractivity contribution < 1.29 is 9.32 Å². The third-order valence-electron chi connectivity index (χ3n) is 6.92. The second kappa shape index (κ2) is 7.55. The van der Waals surface area contributed by atoms with E-state index in [1.54, 1.807) is 0 Å². The molecule has 156 valence electrons. The Labute approximate surface area is 177 Å². The Hall–Kier alpha value is -2.66. The zero-order valence-electron chi connectivity index (χ0n) is 17.8. The molecule has 30 heavy (non-hydrogen) atoms. The number of nitrogens with zero attached hydrogens (tertiary/aromatic N) is 2. The quantitative estimate of drug-likeness (QED) is 0.658. The molecule has 1 N–H and O–H groups in total. The number of hydrogen-bond acceptors (Lipinski definition) is 4. The summed E-state index contributed by atoms with van der Waals surface area (Å²) in [6, 6.07) is 14.8. The van der Waals surface area contributed by atoms with Crippen LogP contribution >= 0.6 is 0 Å². The Morgan fingerprint density at radius 1 is 1.17 bits per heavy atom. The van der Waals surface area contributed by atoms with Gasteiger partial charge in [-0.05, 0) is 75.7 Å². The van der Waals surface area contributed by atoms with Crippen molar-refractivity contribution in [3.05, 3.63) is 59.3 Å². The predicted molar refractivity (Wildman–Crippen MR) is 118 cm³/mol. The van der Waals surface area contributed by atoms with Crippen molar-refractivity contribution in [3.63, 3.8) is 0 Å². The molecule has 5 rings (SSSR count). The number of rotatable bonds is 5. The van der Waals surface area contributed by atoms with Gasteiger partial charge in [0.1, 0.15) is 0 Å². The van der Waals surface area contributed by atoms with Gasteiger partial charge in [-0.25, -0.2) is 0 Å². The number of aryl methyl sites for hydroxylation is 1. The van der Waals surface area contributed by atoms with Gasteiger partial charge in [0.05, 0.1) is 11.1 Å². The largest absolute Gasteiger partial charge is 0.356 e. The number of carbonyl (C=O) groups is 1. The van der Waals surface area contributed by atoms with E-state index >= 15 is 0 Å². The van der Waals surface area contributed by atoms with Gasteiger partial charge in [-0.1, -0.05) is 35.5 Å². The minimum Gasteiger partial charge on any atom is -0.356 e. The number of benzene rings is 2. The first-order chi connectivity index (χ1) is 14.5. The number of anilines is 1. The average Bonchev–Trinajstić information content (AvgIpc) is 3.24. The van der Waals surface area contributed by atoms with E-state index in [4.69, 9.17) is 4.52 Å². The van der Waals surface area contributed by atoms with Crippen molar-refractivity contribution >= 4 is 22.6 Å². The Bertz CT molecular complexity index is 1060. The Morgan fingerprint density at radius 3 is 2.70 bits per heavy atom. The molecule has 2 aliphatic rings. The Kier molecular flexibility index (Phi) is 4.86. The lowest BCUT2D eigenvalue weighted by Gasteiger charge is -2.32. The minimum absolute atomic E-state index is 0.0434. The van der Waals surface area contributed by atoms with Crippen LogP contribution in [0.1, 0.15) is 49.9 Å². The molecule has 0 spiro atoms. The molecule has 5 nitrogen and oxygen atoms in total. The Balaban J connectivity index is 1.21. The third-order valence-corrected chi connectivity index (χ3v) is 6.92. The number of hydrogen-bond donors (Lipinski definition) is 1. The maximum absolute atomic E-state index is 12.3. The van der Waals surface area contributed by atoms with Crippen LogP contribution in [-0.4, -0.2) is 29.1 Å². The number of nitrogens with one attached hydrogen (secondary N) is 1. The fourth-order valence-corrected chi connectivity index (χ4v) is 4.85. The monoisotopic (exact) mass is 403 g/mol. The highest BCUT2D eigenvalue weighted by atomic mass is 16.5. The molecule has 2 aromatic carbocycles. The van der Waals surface area contributed by atoms with Gasteiger partial charge in [0.2, 0.25) is 5.91 Å². The van der Waals surface area contributed by atoms with E-state index in [0.717, 1.165) is 66.3 Å². The first-order valence-corrected chi connectivity index (χ1v) is 11.0. The summed E-state index contributed by atoms with van der Waals surface area (Å²) in [5.41, 5.74) is 4.57. The molecular formula is C25H29N3O2. The zero-order chi connectivity index (χ0) is 20.7. The fourth-order valence-electron chi connectivity index (χ4n) is 4.85. The van der Waals surface area contributed by atoms with Crippen LogP contribution in [0.15, 0.2) is 47.0 Å². The first kappa shape index (κ1) is 19.3. The fraction of sp³-hybridized carbons (Fsp3) is 0.440. The lowest BCUT2D eigenvalue weighted by Crippen LogP contribution is -2.33. The second-order valence-corrected chi connectivity index (χ2v) is 9.35. The summed E-state index contributed by atoms with van der Waals surface area (Å²) >= 11 is 0. The number of piperidine rings is 1. The van der Waals surface area contributed by atoms with Crippen molar-refractivity contribution in [1.82, 2.24) is 10.1 Å². The van der Waals surface area contributed by atoms with Crippen molar-refractivity contribution in [3.8, 4) is 0 Å². The lowest BCUT2D eigenvalue weighted by molar-refractivity contribution is -0.119. The van der Waals surface area contributed by atoms with E-state index in [1.165, 1.54) is 18.4 Å². The smallest absolute Gasteiger partial charge is 0.234 e. The number of fused-ring (bicyclic) bond motifs is 2. The molecule has 3 aromatic rings. The molecule has 0 bridgehead atoms. The van der Waals surface area contributed by atoms with Gasteiger partial charge in [-0.2, -0.15) is 0 Å². The maximum atomic E-state index is 12.3. The maximum Gasteiger partial charge on any atom is 0.234 e. The molecule has 2 aliphatic heterocycles. The topological polar surface area (TPSA) is 58.4 Å². The van der Waals surface area contributed by atoms with Gasteiger partial charge < -0.3 is 9.84 Å². The molecule has 1 amide bonds. The van der Waals surface area contributed by atoms with Gasteiger partial charge >= 0.3 is 0 Å². The highest BCUT2D eigenvalue weighted by Gasteiger charge is 2.39. The normalized spacial score (nSPS) is 19.2. The van der Waals surface area contributed by atoms with E-state index in [2.05, 4.69) is 51.8 Å². The highest BCUT2D eigenvalue weighted by molar-refractivity contribution is 6.07. The van der Waals surface area contributed by atoms with Gasteiger partial charge in [0.15, 0.2) is 5.58 Å². The average molecular weight is 404 g/mol. The predicted octanol–water partition coefficient (Wildman–Crippen LogP) is 4.90. The third kappa shape index (κ3) is 3.52.